The fraction of sp³-hybridized carbons (Fsp3) is 0.526. The quantitative estimate of drug-likeness (QED) is 0.816. The first-order valence-electron chi connectivity index (χ1n) is 8.74. The Morgan fingerprint density at radius 3 is 2.50 bits per heavy atom. The van der Waals surface area contributed by atoms with Crippen molar-refractivity contribution in [2.75, 3.05) is 6.54 Å². The summed E-state index contributed by atoms with van der Waals surface area (Å²) in [6.07, 6.45) is 6.12. The first-order chi connectivity index (χ1) is 11.7. The van der Waals surface area contributed by atoms with E-state index in [-0.39, 0.29) is 17.2 Å². The highest BCUT2D eigenvalue weighted by Gasteiger charge is 2.48. The van der Waals surface area contributed by atoms with Crippen molar-refractivity contribution in [3.63, 3.8) is 0 Å². The number of carbonyl (C=O) groups excluding carboxylic acids is 1. The van der Waals surface area contributed by atoms with Crippen LogP contribution in [0.2, 0.25) is 0 Å². The van der Waals surface area contributed by atoms with E-state index in [0.717, 1.165) is 43.4 Å². The summed E-state index contributed by atoms with van der Waals surface area (Å²) in [7, 11) is 0. The van der Waals surface area contributed by atoms with Crippen LogP contribution in [-0.4, -0.2) is 17.6 Å². The molecule has 2 aromatic heterocycles. The molecule has 2 fully saturated rings. The van der Waals surface area contributed by atoms with E-state index in [1.165, 1.54) is 4.88 Å². The third-order valence-electron chi connectivity index (χ3n) is 5.60. The van der Waals surface area contributed by atoms with Crippen LogP contribution in [0.1, 0.15) is 48.3 Å². The molecule has 0 aromatic carbocycles. The molecule has 1 amide bonds. The number of hydrogen-bond acceptors (Lipinski definition) is 4. The highest BCUT2D eigenvalue weighted by molar-refractivity contribution is 7.10. The van der Waals surface area contributed by atoms with Crippen LogP contribution in [-0.2, 0) is 15.8 Å². The number of aliphatic hydroxyl groups is 1. The van der Waals surface area contributed by atoms with Crippen molar-refractivity contribution >= 4 is 28.6 Å². The molecule has 5 heteroatoms. The van der Waals surface area contributed by atoms with Crippen LogP contribution >= 0.6 is 22.7 Å². The monoisotopic (exact) mass is 361 g/mol. The molecule has 0 aliphatic heterocycles. The molecule has 2 N–H and O–H groups in total. The Balaban J connectivity index is 1.53. The van der Waals surface area contributed by atoms with Gasteiger partial charge in [-0.05, 0) is 54.5 Å². The van der Waals surface area contributed by atoms with Crippen molar-refractivity contribution in [3.05, 3.63) is 44.8 Å². The lowest BCUT2D eigenvalue weighted by molar-refractivity contribution is -0.128. The van der Waals surface area contributed by atoms with Crippen molar-refractivity contribution in [1.29, 1.82) is 0 Å². The summed E-state index contributed by atoms with van der Waals surface area (Å²) in [6.45, 7) is 0.324. The van der Waals surface area contributed by atoms with E-state index in [1.54, 1.807) is 22.7 Å². The molecule has 4 rings (SSSR count). The molecular formula is C19H23NO2S2. The lowest BCUT2D eigenvalue weighted by Gasteiger charge is -2.31. The molecule has 2 aliphatic rings. The molecule has 24 heavy (non-hydrogen) atoms. The first-order valence-corrected chi connectivity index (χ1v) is 10.5. The fourth-order valence-corrected chi connectivity index (χ4v) is 5.90. The molecule has 0 unspecified atom stereocenters. The predicted octanol–water partition coefficient (Wildman–Crippen LogP) is 4.04. The van der Waals surface area contributed by atoms with Crippen LogP contribution in [0.5, 0.6) is 0 Å². The Bertz CT molecular complexity index is 685. The molecule has 2 heterocycles. The Hall–Kier alpha value is -1.17. The molecule has 2 saturated carbocycles. The second-order valence-corrected chi connectivity index (χ2v) is 9.02. The van der Waals surface area contributed by atoms with Gasteiger partial charge in [-0.2, -0.15) is 0 Å². The molecule has 0 spiro atoms. The van der Waals surface area contributed by atoms with Gasteiger partial charge < -0.3 is 10.4 Å². The third kappa shape index (κ3) is 2.72. The van der Waals surface area contributed by atoms with Gasteiger partial charge in [-0.15, -0.1) is 22.7 Å². The van der Waals surface area contributed by atoms with Crippen LogP contribution in [0.25, 0.3) is 0 Å². The number of rotatable bonds is 6. The van der Waals surface area contributed by atoms with E-state index in [1.807, 2.05) is 23.6 Å². The molecule has 2 aromatic rings. The first kappa shape index (κ1) is 16.3. The Labute approximate surface area is 150 Å². The maximum atomic E-state index is 13.1. The van der Waals surface area contributed by atoms with Crippen LogP contribution in [0, 0.1) is 5.92 Å². The number of thiophene rings is 2. The largest absolute Gasteiger partial charge is 0.382 e. The van der Waals surface area contributed by atoms with Crippen LogP contribution < -0.4 is 5.32 Å². The van der Waals surface area contributed by atoms with Crippen LogP contribution in [0.15, 0.2) is 35.0 Å². The van der Waals surface area contributed by atoms with Crippen molar-refractivity contribution in [3.8, 4) is 0 Å². The summed E-state index contributed by atoms with van der Waals surface area (Å²) >= 11 is 3.26. The highest BCUT2D eigenvalue weighted by Crippen LogP contribution is 2.47. The molecule has 3 nitrogen and oxygen atoms in total. The number of hydrogen-bond donors (Lipinski definition) is 2. The number of nitrogens with one attached hydrogen (secondary N) is 1. The molecule has 128 valence electrons. The summed E-state index contributed by atoms with van der Waals surface area (Å²) in [6, 6.07) is 8.07. The van der Waals surface area contributed by atoms with Gasteiger partial charge in [0, 0.05) is 9.75 Å². The normalized spacial score (nSPS) is 22.2. The summed E-state index contributed by atoms with van der Waals surface area (Å²) < 4.78 is 0. The molecular weight excluding hydrogens is 338 g/mol. The standard InChI is InChI=1S/C19H23NO2S2/c21-17(18(9-1-2-10-18)15-5-3-11-23-15)20-13-19(22,14-7-8-14)16-6-4-12-24-16/h3-6,11-12,14,22H,1-2,7-10,13H2,(H,20,21)/t19-/m1/s1. The minimum absolute atomic E-state index is 0.0954. The lowest BCUT2D eigenvalue weighted by atomic mass is 9.83. The summed E-state index contributed by atoms with van der Waals surface area (Å²) in [5.41, 5.74) is -1.28. The van der Waals surface area contributed by atoms with E-state index in [4.69, 9.17) is 0 Å². The summed E-state index contributed by atoms with van der Waals surface area (Å²) in [5, 5.41) is 18.4. The van der Waals surface area contributed by atoms with Crippen LogP contribution in [0.3, 0.4) is 0 Å². The minimum Gasteiger partial charge on any atom is -0.382 e. The highest BCUT2D eigenvalue weighted by atomic mass is 32.1. The Kier molecular flexibility index (Phi) is 4.27. The zero-order valence-corrected chi connectivity index (χ0v) is 15.3. The van der Waals surface area contributed by atoms with E-state index < -0.39 is 5.60 Å². The van der Waals surface area contributed by atoms with Crippen molar-refractivity contribution in [2.24, 2.45) is 5.92 Å². The third-order valence-corrected chi connectivity index (χ3v) is 7.71. The van der Waals surface area contributed by atoms with Gasteiger partial charge in [0.1, 0.15) is 5.60 Å². The van der Waals surface area contributed by atoms with E-state index in [0.29, 0.717) is 6.54 Å². The van der Waals surface area contributed by atoms with Gasteiger partial charge in [0.15, 0.2) is 0 Å². The summed E-state index contributed by atoms with van der Waals surface area (Å²) in [5.74, 6) is 0.371. The van der Waals surface area contributed by atoms with Gasteiger partial charge in [-0.25, -0.2) is 0 Å². The molecule has 0 bridgehead atoms. The second-order valence-electron chi connectivity index (χ2n) is 7.13. The van der Waals surface area contributed by atoms with E-state index in [2.05, 4.69) is 16.8 Å². The Morgan fingerprint density at radius 1 is 1.21 bits per heavy atom. The number of amides is 1. The van der Waals surface area contributed by atoms with Gasteiger partial charge in [0.25, 0.3) is 0 Å². The predicted molar refractivity (Wildman–Crippen MR) is 98.4 cm³/mol. The van der Waals surface area contributed by atoms with Crippen molar-refractivity contribution in [2.45, 2.75) is 49.5 Å². The lowest BCUT2D eigenvalue weighted by Crippen LogP contribution is -2.48. The fourth-order valence-electron chi connectivity index (χ4n) is 4.02. The smallest absolute Gasteiger partial charge is 0.231 e. The van der Waals surface area contributed by atoms with Gasteiger partial charge in [-0.3, -0.25) is 4.79 Å². The second kappa shape index (κ2) is 6.28. The van der Waals surface area contributed by atoms with E-state index in [9.17, 15) is 9.90 Å². The minimum atomic E-state index is -0.904. The van der Waals surface area contributed by atoms with Gasteiger partial charge in [0.05, 0.1) is 12.0 Å². The van der Waals surface area contributed by atoms with E-state index >= 15 is 0 Å². The van der Waals surface area contributed by atoms with Crippen molar-refractivity contribution in [1.82, 2.24) is 5.32 Å². The van der Waals surface area contributed by atoms with Gasteiger partial charge in [-0.1, -0.05) is 25.0 Å². The maximum absolute atomic E-state index is 13.1. The molecule has 0 saturated heterocycles. The average molecular weight is 362 g/mol. The Morgan fingerprint density at radius 2 is 1.92 bits per heavy atom. The zero-order chi connectivity index (χ0) is 16.6. The number of carbonyl (C=O) groups is 1. The van der Waals surface area contributed by atoms with Crippen LogP contribution in [0.4, 0.5) is 0 Å². The van der Waals surface area contributed by atoms with Gasteiger partial charge in [0.2, 0.25) is 5.91 Å². The SMILES string of the molecule is O=C(NC[C@](O)(c1cccs1)C1CC1)C1(c2cccs2)CCCC1. The molecule has 0 radical (unpaired) electrons. The zero-order valence-electron chi connectivity index (χ0n) is 13.7. The summed E-state index contributed by atoms with van der Waals surface area (Å²) in [4.78, 5) is 15.3. The topological polar surface area (TPSA) is 49.3 Å². The average Bonchev–Trinajstić information content (AvgIpc) is 3.09. The maximum Gasteiger partial charge on any atom is 0.231 e. The van der Waals surface area contributed by atoms with Gasteiger partial charge >= 0.3 is 0 Å². The molecule has 2 aliphatic carbocycles. The molecule has 1 atom stereocenters. The van der Waals surface area contributed by atoms with Crippen molar-refractivity contribution < 1.29 is 9.90 Å².